The molecule has 22 heavy (non-hydrogen) atoms. The van der Waals surface area contributed by atoms with E-state index in [2.05, 4.69) is 10.6 Å². The van der Waals surface area contributed by atoms with Gasteiger partial charge in [0, 0.05) is 24.2 Å². The molecule has 3 N–H and O–H groups in total. The number of alkyl carbamates (subject to hydrolysis) is 1. The summed E-state index contributed by atoms with van der Waals surface area (Å²) in [6.45, 7) is 6.08. The minimum atomic E-state index is -0.477. The van der Waals surface area contributed by atoms with Gasteiger partial charge in [-0.3, -0.25) is 0 Å². The third-order valence-corrected chi connectivity index (χ3v) is 3.82. The Bertz CT molecular complexity index is 537. The Hall–Kier alpha value is -1.46. The minimum absolute atomic E-state index is 0.124. The van der Waals surface area contributed by atoms with Crippen LogP contribution in [0.1, 0.15) is 39.2 Å². The summed E-state index contributed by atoms with van der Waals surface area (Å²) in [6.07, 6.45) is 1.32. The van der Waals surface area contributed by atoms with Crippen molar-refractivity contribution in [1.82, 2.24) is 10.6 Å². The molecule has 1 fully saturated rings. The number of ether oxygens (including phenoxy) is 1. The van der Waals surface area contributed by atoms with Gasteiger partial charge in [0.1, 0.15) is 11.4 Å². The summed E-state index contributed by atoms with van der Waals surface area (Å²) in [7, 11) is 0. The molecule has 0 radical (unpaired) electrons. The molecule has 2 rings (SSSR count). The Morgan fingerprint density at radius 3 is 2.68 bits per heavy atom. The van der Waals surface area contributed by atoms with Crippen molar-refractivity contribution in [3.05, 3.63) is 28.8 Å². The molecule has 1 aliphatic rings. The Morgan fingerprint density at radius 2 is 2.05 bits per heavy atom. The lowest BCUT2D eigenvalue weighted by Gasteiger charge is -2.36. The number of phenols is 1. The summed E-state index contributed by atoms with van der Waals surface area (Å²) in [6, 6.07) is 5.76. The van der Waals surface area contributed by atoms with E-state index in [0.29, 0.717) is 17.6 Å². The van der Waals surface area contributed by atoms with Crippen molar-refractivity contribution in [2.24, 2.45) is 0 Å². The molecule has 0 atom stereocenters. The highest BCUT2D eigenvalue weighted by Crippen LogP contribution is 2.28. The predicted molar refractivity (Wildman–Crippen MR) is 86.1 cm³/mol. The van der Waals surface area contributed by atoms with E-state index in [1.165, 1.54) is 0 Å². The summed E-state index contributed by atoms with van der Waals surface area (Å²) >= 11 is 5.87. The van der Waals surface area contributed by atoms with Crippen LogP contribution in [0.4, 0.5) is 4.79 Å². The maximum Gasteiger partial charge on any atom is 0.407 e. The number of benzene rings is 1. The van der Waals surface area contributed by atoms with Crippen LogP contribution in [-0.4, -0.2) is 28.9 Å². The highest BCUT2D eigenvalue weighted by molar-refractivity contribution is 6.32. The number of rotatable bonds is 4. The zero-order valence-electron chi connectivity index (χ0n) is 13.1. The van der Waals surface area contributed by atoms with Gasteiger partial charge in [0.15, 0.2) is 0 Å². The third-order valence-electron chi connectivity index (χ3n) is 3.51. The molecule has 0 aromatic heterocycles. The van der Waals surface area contributed by atoms with Crippen molar-refractivity contribution in [3.63, 3.8) is 0 Å². The van der Waals surface area contributed by atoms with Gasteiger partial charge in [0.05, 0.1) is 5.02 Å². The summed E-state index contributed by atoms with van der Waals surface area (Å²) in [5, 5.41) is 16.4. The molecule has 0 bridgehead atoms. The fraction of sp³-hybridized carbons (Fsp3) is 0.562. The first-order chi connectivity index (χ1) is 10.2. The van der Waals surface area contributed by atoms with Gasteiger partial charge in [0.2, 0.25) is 0 Å². The van der Waals surface area contributed by atoms with E-state index in [1.54, 1.807) is 6.07 Å². The normalized spacial score (nSPS) is 21.1. The van der Waals surface area contributed by atoms with Crippen molar-refractivity contribution >= 4 is 17.7 Å². The van der Waals surface area contributed by atoms with Crippen molar-refractivity contribution in [2.75, 3.05) is 0 Å². The monoisotopic (exact) mass is 326 g/mol. The van der Waals surface area contributed by atoms with Crippen molar-refractivity contribution in [2.45, 2.75) is 57.8 Å². The van der Waals surface area contributed by atoms with Crippen molar-refractivity contribution in [1.29, 1.82) is 0 Å². The van der Waals surface area contributed by atoms with E-state index < -0.39 is 5.60 Å². The highest BCUT2D eigenvalue weighted by atomic mass is 35.5. The molecule has 6 heteroatoms. The van der Waals surface area contributed by atoms with Crippen LogP contribution in [0.25, 0.3) is 0 Å². The van der Waals surface area contributed by atoms with Crippen LogP contribution >= 0.6 is 11.6 Å². The van der Waals surface area contributed by atoms with Gasteiger partial charge >= 0.3 is 6.09 Å². The van der Waals surface area contributed by atoms with Crippen LogP contribution in [-0.2, 0) is 11.3 Å². The van der Waals surface area contributed by atoms with E-state index >= 15 is 0 Å². The van der Waals surface area contributed by atoms with E-state index in [-0.39, 0.29) is 17.9 Å². The topological polar surface area (TPSA) is 70.6 Å². The zero-order valence-corrected chi connectivity index (χ0v) is 13.9. The number of nitrogens with one attached hydrogen (secondary N) is 2. The second-order valence-corrected chi connectivity index (χ2v) is 7.05. The molecule has 0 heterocycles. The average molecular weight is 327 g/mol. The lowest BCUT2D eigenvalue weighted by Crippen LogP contribution is -2.52. The number of hydrogen-bond acceptors (Lipinski definition) is 4. The largest absolute Gasteiger partial charge is 0.506 e. The number of para-hydroxylation sites is 1. The Labute approximate surface area is 136 Å². The van der Waals surface area contributed by atoms with E-state index in [9.17, 15) is 9.90 Å². The fourth-order valence-electron chi connectivity index (χ4n) is 2.33. The molecular weight excluding hydrogens is 304 g/mol. The maximum absolute atomic E-state index is 11.6. The molecule has 0 unspecified atom stereocenters. The maximum atomic E-state index is 11.6. The third kappa shape index (κ3) is 4.78. The summed E-state index contributed by atoms with van der Waals surface area (Å²) in [5.74, 6) is 0.124. The molecule has 1 saturated carbocycles. The zero-order chi connectivity index (χ0) is 16.3. The van der Waals surface area contributed by atoms with E-state index in [1.807, 2.05) is 32.9 Å². The van der Waals surface area contributed by atoms with Gasteiger partial charge in [0.25, 0.3) is 0 Å². The van der Waals surface area contributed by atoms with Crippen LogP contribution < -0.4 is 10.6 Å². The molecule has 122 valence electrons. The van der Waals surface area contributed by atoms with Gasteiger partial charge in [-0.1, -0.05) is 23.7 Å². The minimum Gasteiger partial charge on any atom is -0.506 e. The van der Waals surface area contributed by atoms with Gasteiger partial charge in [-0.05, 0) is 39.7 Å². The number of amides is 1. The second kappa shape index (κ2) is 6.75. The van der Waals surface area contributed by atoms with Crippen molar-refractivity contribution < 1.29 is 14.6 Å². The molecule has 1 aromatic carbocycles. The standard InChI is InChI=1S/C16H23ClN2O3/c1-16(2,3)22-15(21)19-12-7-11(8-12)18-9-10-5-4-6-13(17)14(10)20/h4-6,11-12,18,20H,7-9H2,1-3H3,(H,19,21). The van der Waals surface area contributed by atoms with E-state index in [0.717, 1.165) is 18.4 Å². The SMILES string of the molecule is CC(C)(C)OC(=O)NC1CC(NCc2cccc(Cl)c2O)C1. The predicted octanol–water partition coefficient (Wildman–Crippen LogP) is 3.19. The molecule has 1 aliphatic carbocycles. The first-order valence-electron chi connectivity index (χ1n) is 7.44. The molecule has 5 nitrogen and oxygen atoms in total. The number of halogens is 1. The number of phenolic OH excluding ortho intramolecular Hbond substituents is 1. The lowest BCUT2D eigenvalue weighted by atomic mass is 9.86. The average Bonchev–Trinajstić information content (AvgIpc) is 2.34. The number of carbonyl (C=O) groups excluding carboxylic acids is 1. The molecule has 0 spiro atoms. The molecular formula is C16H23ClN2O3. The second-order valence-electron chi connectivity index (χ2n) is 6.64. The van der Waals surface area contributed by atoms with Crippen LogP contribution in [0.15, 0.2) is 18.2 Å². The Kier molecular flexibility index (Phi) is 5.19. The van der Waals surface area contributed by atoms with Crippen molar-refractivity contribution in [3.8, 4) is 5.75 Å². The quantitative estimate of drug-likeness (QED) is 0.794. The summed E-state index contributed by atoms with van der Waals surface area (Å²) in [5.41, 5.74) is 0.298. The smallest absolute Gasteiger partial charge is 0.407 e. The first kappa shape index (κ1) is 16.9. The van der Waals surface area contributed by atoms with Crippen LogP contribution in [0.5, 0.6) is 5.75 Å². The number of aromatic hydroxyl groups is 1. The lowest BCUT2D eigenvalue weighted by molar-refractivity contribution is 0.0465. The van der Waals surface area contributed by atoms with Crippen LogP contribution in [0.3, 0.4) is 0 Å². The number of hydrogen-bond donors (Lipinski definition) is 3. The number of carbonyl (C=O) groups is 1. The van der Waals surface area contributed by atoms with Gasteiger partial charge in [-0.2, -0.15) is 0 Å². The molecule has 0 aliphatic heterocycles. The van der Waals surface area contributed by atoms with Gasteiger partial charge in [-0.15, -0.1) is 0 Å². The van der Waals surface area contributed by atoms with Crippen LogP contribution in [0.2, 0.25) is 5.02 Å². The summed E-state index contributed by atoms with van der Waals surface area (Å²) in [4.78, 5) is 11.6. The van der Waals surface area contributed by atoms with Crippen LogP contribution in [0, 0.1) is 0 Å². The molecule has 0 saturated heterocycles. The first-order valence-corrected chi connectivity index (χ1v) is 7.81. The Balaban J connectivity index is 1.69. The molecule has 1 amide bonds. The fourth-order valence-corrected chi connectivity index (χ4v) is 2.53. The Morgan fingerprint density at radius 1 is 1.36 bits per heavy atom. The highest BCUT2D eigenvalue weighted by Gasteiger charge is 2.31. The molecule has 1 aromatic rings. The van der Waals surface area contributed by atoms with Gasteiger partial charge in [-0.25, -0.2) is 4.79 Å². The summed E-state index contributed by atoms with van der Waals surface area (Å²) < 4.78 is 5.22. The van der Waals surface area contributed by atoms with E-state index in [4.69, 9.17) is 16.3 Å². The van der Waals surface area contributed by atoms with Gasteiger partial charge < -0.3 is 20.5 Å².